The van der Waals surface area contributed by atoms with E-state index in [1.54, 1.807) is 0 Å². The van der Waals surface area contributed by atoms with Crippen LogP contribution in [0, 0.1) is 17.8 Å². The summed E-state index contributed by atoms with van der Waals surface area (Å²) in [5.41, 5.74) is -1.26. The summed E-state index contributed by atoms with van der Waals surface area (Å²) in [5.74, 6) is 1.24. The van der Waals surface area contributed by atoms with Crippen LogP contribution >= 0.6 is 11.8 Å². The predicted octanol–water partition coefficient (Wildman–Crippen LogP) is 2.40. The summed E-state index contributed by atoms with van der Waals surface area (Å²) in [4.78, 5) is 12.1. The van der Waals surface area contributed by atoms with Gasteiger partial charge in [-0.1, -0.05) is 39.0 Å². The number of esters is 1. The van der Waals surface area contributed by atoms with Gasteiger partial charge in [-0.05, 0) is 30.6 Å². The number of thioether (sulfide) groups is 1. The lowest BCUT2D eigenvalue weighted by molar-refractivity contribution is -0.162. The highest BCUT2D eigenvalue weighted by Gasteiger charge is 2.37. The molecule has 1 saturated heterocycles. The third kappa shape index (κ3) is 3.86. The van der Waals surface area contributed by atoms with Crippen molar-refractivity contribution in [1.82, 2.24) is 0 Å². The number of ether oxygens (including phenoxy) is 2. The predicted molar refractivity (Wildman–Crippen MR) is 74.6 cm³/mol. The van der Waals surface area contributed by atoms with E-state index in [0.717, 1.165) is 24.6 Å². The molecule has 0 spiro atoms. The van der Waals surface area contributed by atoms with Gasteiger partial charge in [-0.25, -0.2) is 4.79 Å². The van der Waals surface area contributed by atoms with Crippen LogP contribution in [0.5, 0.6) is 0 Å². The van der Waals surface area contributed by atoms with Crippen molar-refractivity contribution in [3.63, 3.8) is 0 Å². The summed E-state index contributed by atoms with van der Waals surface area (Å²) >= 11 is 1.13. The largest absolute Gasteiger partial charge is 0.459 e. The Bertz CT molecular complexity index is 321. The van der Waals surface area contributed by atoms with Crippen molar-refractivity contribution in [2.75, 3.05) is 6.61 Å². The van der Waals surface area contributed by atoms with Gasteiger partial charge in [-0.15, -0.1) is 0 Å². The molecular weight excluding hydrogens is 264 g/mol. The topological polar surface area (TPSA) is 55.8 Å². The van der Waals surface area contributed by atoms with Crippen molar-refractivity contribution >= 4 is 17.7 Å². The fraction of sp³-hybridized carbons (Fsp3) is 0.929. The maximum absolute atomic E-state index is 12.1. The Labute approximate surface area is 119 Å². The Kier molecular flexibility index (Phi) is 5.15. The fourth-order valence-electron chi connectivity index (χ4n) is 2.97. The first-order valence-electron chi connectivity index (χ1n) is 7.13. The first-order valence-corrected chi connectivity index (χ1v) is 8.07. The van der Waals surface area contributed by atoms with Gasteiger partial charge in [0.2, 0.25) is 5.44 Å². The molecule has 4 nitrogen and oxygen atoms in total. The SMILES string of the molecule is CC(C)[C@H]1CC[C@H](C)C[C@@H]1OC(=O)[C@@H]1OCC(O)S1. The van der Waals surface area contributed by atoms with E-state index in [4.69, 9.17) is 9.47 Å². The van der Waals surface area contributed by atoms with Crippen molar-refractivity contribution in [2.24, 2.45) is 17.8 Å². The van der Waals surface area contributed by atoms with Crippen molar-refractivity contribution in [3.05, 3.63) is 0 Å². The van der Waals surface area contributed by atoms with Crippen LogP contribution in [0.3, 0.4) is 0 Å². The lowest BCUT2D eigenvalue weighted by atomic mass is 9.75. The third-order valence-electron chi connectivity index (χ3n) is 4.09. The summed E-state index contributed by atoms with van der Waals surface area (Å²) in [6, 6.07) is 0. The maximum Gasteiger partial charge on any atom is 0.346 e. The molecule has 0 bridgehead atoms. The molecule has 1 N–H and O–H groups in total. The Morgan fingerprint density at radius 2 is 2.16 bits per heavy atom. The minimum Gasteiger partial charge on any atom is -0.459 e. The van der Waals surface area contributed by atoms with E-state index in [-0.39, 0.29) is 18.7 Å². The number of hydrogen-bond acceptors (Lipinski definition) is 5. The maximum atomic E-state index is 12.1. The van der Waals surface area contributed by atoms with E-state index in [1.165, 1.54) is 6.42 Å². The molecular formula is C14H24O4S. The summed E-state index contributed by atoms with van der Waals surface area (Å²) in [6.07, 6.45) is 3.27. The number of aliphatic hydroxyl groups is 1. The quantitative estimate of drug-likeness (QED) is 0.808. The molecule has 2 rings (SSSR count). The zero-order valence-electron chi connectivity index (χ0n) is 11.9. The van der Waals surface area contributed by atoms with Gasteiger partial charge in [0.1, 0.15) is 11.5 Å². The molecule has 1 saturated carbocycles. The van der Waals surface area contributed by atoms with Crippen molar-refractivity contribution in [1.29, 1.82) is 0 Å². The Morgan fingerprint density at radius 1 is 1.42 bits per heavy atom. The Hall–Kier alpha value is -0.260. The van der Waals surface area contributed by atoms with Gasteiger partial charge in [0.25, 0.3) is 0 Å². The van der Waals surface area contributed by atoms with E-state index in [1.807, 2.05) is 0 Å². The van der Waals surface area contributed by atoms with E-state index in [9.17, 15) is 9.90 Å². The monoisotopic (exact) mass is 288 g/mol. The molecule has 2 fully saturated rings. The highest BCUT2D eigenvalue weighted by atomic mass is 32.2. The minimum absolute atomic E-state index is 0.00167. The van der Waals surface area contributed by atoms with Crippen LogP contribution < -0.4 is 0 Å². The molecule has 110 valence electrons. The molecule has 5 heteroatoms. The number of aliphatic hydroxyl groups excluding tert-OH is 1. The smallest absolute Gasteiger partial charge is 0.346 e. The average Bonchev–Trinajstić information content (AvgIpc) is 2.75. The van der Waals surface area contributed by atoms with Crippen molar-refractivity contribution in [3.8, 4) is 0 Å². The molecule has 1 unspecified atom stereocenters. The highest BCUT2D eigenvalue weighted by Crippen LogP contribution is 2.36. The van der Waals surface area contributed by atoms with E-state index in [0.29, 0.717) is 17.8 Å². The molecule has 19 heavy (non-hydrogen) atoms. The summed E-state index contributed by atoms with van der Waals surface area (Å²) < 4.78 is 10.9. The molecule has 0 aromatic rings. The second-order valence-corrected chi connectivity index (χ2v) is 7.30. The van der Waals surface area contributed by atoms with Crippen LogP contribution in [0.15, 0.2) is 0 Å². The van der Waals surface area contributed by atoms with E-state index >= 15 is 0 Å². The Morgan fingerprint density at radius 3 is 2.74 bits per heavy atom. The molecule has 0 aromatic heterocycles. The number of carbonyl (C=O) groups excluding carboxylic acids is 1. The van der Waals surface area contributed by atoms with Crippen LogP contribution in [-0.4, -0.2) is 34.7 Å². The van der Waals surface area contributed by atoms with Crippen LogP contribution in [0.4, 0.5) is 0 Å². The average molecular weight is 288 g/mol. The summed E-state index contributed by atoms with van der Waals surface area (Å²) in [5, 5.41) is 9.37. The van der Waals surface area contributed by atoms with E-state index in [2.05, 4.69) is 20.8 Å². The van der Waals surface area contributed by atoms with Crippen molar-refractivity contribution < 1.29 is 19.4 Å². The van der Waals surface area contributed by atoms with Crippen molar-refractivity contribution in [2.45, 2.75) is 57.0 Å². The van der Waals surface area contributed by atoms with Crippen LogP contribution in [0.2, 0.25) is 0 Å². The third-order valence-corrected chi connectivity index (χ3v) is 5.12. The van der Waals surface area contributed by atoms with Crippen LogP contribution in [0.25, 0.3) is 0 Å². The zero-order valence-corrected chi connectivity index (χ0v) is 12.7. The number of carbonyl (C=O) groups is 1. The van der Waals surface area contributed by atoms with Gasteiger partial charge in [-0.3, -0.25) is 0 Å². The fourth-order valence-corrected chi connectivity index (χ4v) is 3.74. The molecule has 2 aliphatic rings. The van der Waals surface area contributed by atoms with Gasteiger partial charge in [-0.2, -0.15) is 0 Å². The first-order chi connectivity index (χ1) is 8.97. The minimum atomic E-state index is -0.653. The molecule has 1 aliphatic heterocycles. The molecule has 0 aromatic carbocycles. The normalized spacial score (nSPS) is 39.5. The Balaban J connectivity index is 1.92. The first kappa shape index (κ1) is 15.1. The number of hydrogen-bond donors (Lipinski definition) is 1. The molecule has 1 aliphatic carbocycles. The second-order valence-electron chi connectivity index (χ2n) is 6.06. The molecule has 0 radical (unpaired) electrons. The zero-order chi connectivity index (χ0) is 14.0. The van der Waals surface area contributed by atoms with E-state index < -0.39 is 10.9 Å². The van der Waals surface area contributed by atoms with Crippen LogP contribution in [0.1, 0.15) is 40.0 Å². The highest BCUT2D eigenvalue weighted by molar-refractivity contribution is 8.01. The van der Waals surface area contributed by atoms with Gasteiger partial charge in [0.05, 0.1) is 6.61 Å². The number of rotatable bonds is 3. The van der Waals surface area contributed by atoms with Gasteiger partial charge < -0.3 is 14.6 Å². The molecule has 1 heterocycles. The van der Waals surface area contributed by atoms with Gasteiger partial charge in [0, 0.05) is 0 Å². The lowest BCUT2D eigenvalue weighted by Crippen LogP contribution is -2.37. The van der Waals surface area contributed by atoms with Gasteiger partial charge >= 0.3 is 5.97 Å². The second kappa shape index (κ2) is 6.46. The van der Waals surface area contributed by atoms with Crippen LogP contribution in [-0.2, 0) is 14.3 Å². The molecule has 0 amide bonds. The standard InChI is InChI=1S/C14H24O4S/c1-8(2)10-5-4-9(3)6-11(10)18-13(16)14-17-7-12(15)19-14/h8-12,14-15H,4-7H2,1-3H3/t9-,10+,11-,12?,14+/m0/s1. The molecule has 5 atom stereocenters. The lowest BCUT2D eigenvalue weighted by Gasteiger charge is -2.37. The summed E-state index contributed by atoms with van der Waals surface area (Å²) in [6.45, 7) is 6.79. The van der Waals surface area contributed by atoms with Gasteiger partial charge in [0.15, 0.2) is 0 Å². The summed E-state index contributed by atoms with van der Waals surface area (Å²) in [7, 11) is 0.